The van der Waals surface area contributed by atoms with Gasteiger partial charge in [0.1, 0.15) is 11.5 Å². The monoisotopic (exact) mass is 148 g/mol. The molecule has 2 heterocycles. The van der Waals surface area contributed by atoms with Crippen molar-refractivity contribution in [3.05, 3.63) is 24.4 Å². The molecule has 0 amide bonds. The minimum Gasteiger partial charge on any atom is -0.384 e. The van der Waals surface area contributed by atoms with Crippen LogP contribution in [0.1, 0.15) is 0 Å². The topological polar surface area (TPSA) is 70.5 Å². The zero-order chi connectivity index (χ0) is 7.68. The Kier molecular flexibility index (Phi) is 1.18. The second kappa shape index (κ2) is 2.16. The molecule has 0 fully saturated rings. The van der Waals surface area contributed by atoms with E-state index in [4.69, 9.17) is 5.73 Å². The normalized spacial score (nSPS) is 10.2. The van der Waals surface area contributed by atoms with Crippen molar-refractivity contribution in [2.24, 2.45) is 0 Å². The summed E-state index contributed by atoms with van der Waals surface area (Å²) in [5.41, 5.74) is 7.26. The van der Waals surface area contributed by atoms with Crippen LogP contribution in [-0.2, 0) is 0 Å². The summed E-state index contributed by atoms with van der Waals surface area (Å²) in [4.78, 5) is 3.03. The third-order valence-corrected chi connectivity index (χ3v) is 1.47. The van der Waals surface area contributed by atoms with Gasteiger partial charge >= 0.3 is 0 Å². The minimum atomic E-state index is 0.578. The summed E-state index contributed by atoms with van der Waals surface area (Å²) in [5, 5.41) is 6.64. The van der Waals surface area contributed by atoms with E-state index in [0.29, 0.717) is 5.82 Å². The van der Waals surface area contributed by atoms with Gasteiger partial charge in [-0.25, -0.2) is 0 Å². The number of hydrogen-bond acceptors (Lipinski definition) is 2. The molecule has 0 saturated heterocycles. The van der Waals surface area contributed by atoms with Crippen LogP contribution in [0.5, 0.6) is 0 Å². The molecular weight excluding hydrogens is 140 g/mol. The van der Waals surface area contributed by atoms with Gasteiger partial charge < -0.3 is 10.7 Å². The summed E-state index contributed by atoms with van der Waals surface area (Å²) < 4.78 is 0. The highest BCUT2D eigenvalue weighted by molar-refractivity contribution is 5.57. The molecular formula is C7H8N4. The van der Waals surface area contributed by atoms with Crippen molar-refractivity contribution in [3.8, 4) is 11.4 Å². The van der Waals surface area contributed by atoms with Crippen LogP contribution in [0, 0.1) is 0 Å². The molecule has 0 aliphatic carbocycles. The quantitative estimate of drug-likeness (QED) is 0.564. The summed E-state index contributed by atoms with van der Waals surface area (Å²) in [5.74, 6) is 0.578. The average Bonchev–Trinajstić information content (AvgIpc) is 2.55. The van der Waals surface area contributed by atoms with Crippen LogP contribution in [0.4, 0.5) is 5.82 Å². The lowest BCUT2D eigenvalue weighted by atomic mass is 10.3. The van der Waals surface area contributed by atoms with Crippen molar-refractivity contribution in [1.29, 1.82) is 0 Å². The van der Waals surface area contributed by atoms with E-state index in [-0.39, 0.29) is 0 Å². The Hall–Kier alpha value is -1.71. The maximum absolute atomic E-state index is 5.45. The summed E-state index contributed by atoms with van der Waals surface area (Å²) >= 11 is 0. The lowest BCUT2D eigenvalue weighted by molar-refractivity contribution is 1.10. The zero-order valence-electron chi connectivity index (χ0n) is 5.83. The van der Waals surface area contributed by atoms with Crippen LogP contribution in [0.2, 0.25) is 0 Å². The molecule has 2 rings (SSSR count). The van der Waals surface area contributed by atoms with E-state index in [0.717, 1.165) is 11.4 Å². The Morgan fingerprint density at radius 1 is 1.45 bits per heavy atom. The van der Waals surface area contributed by atoms with Gasteiger partial charge in [0.2, 0.25) is 0 Å². The van der Waals surface area contributed by atoms with Crippen molar-refractivity contribution in [2.45, 2.75) is 0 Å². The molecule has 0 aliphatic rings. The van der Waals surface area contributed by atoms with Crippen molar-refractivity contribution in [2.75, 3.05) is 5.73 Å². The molecule has 0 bridgehead atoms. The SMILES string of the molecule is Nc1cc(-c2ccc[nH]2)n[nH]1. The summed E-state index contributed by atoms with van der Waals surface area (Å²) in [6, 6.07) is 5.64. The fraction of sp³-hybridized carbons (Fsp3) is 0. The number of H-pyrrole nitrogens is 2. The first-order chi connectivity index (χ1) is 5.36. The maximum Gasteiger partial charge on any atom is 0.119 e. The second-order valence-corrected chi connectivity index (χ2v) is 2.29. The average molecular weight is 148 g/mol. The fourth-order valence-electron chi connectivity index (χ4n) is 0.964. The summed E-state index contributed by atoms with van der Waals surface area (Å²) in [6.45, 7) is 0. The van der Waals surface area contributed by atoms with E-state index in [1.165, 1.54) is 0 Å². The fourth-order valence-corrected chi connectivity index (χ4v) is 0.964. The predicted molar refractivity (Wildman–Crippen MR) is 42.8 cm³/mol. The molecule has 56 valence electrons. The highest BCUT2D eigenvalue weighted by atomic mass is 15.2. The molecule has 0 atom stereocenters. The van der Waals surface area contributed by atoms with Gasteiger partial charge in [0.05, 0.1) is 5.69 Å². The van der Waals surface area contributed by atoms with Crippen molar-refractivity contribution >= 4 is 5.82 Å². The Morgan fingerprint density at radius 3 is 2.91 bits per heavy atom. The highest BCUT2D eigenvalue weighted by Gasteiger charge is 2.00. The van der Waals surface area contributed by atoms with Crippen LogP contribution >= 0.6 is 0 Å². The van der Waals surface area contributed by atoms with Crippen LogP contribution in [0.25, 0.3) is 11.4 Å². The Labute approximate surface area is 63.4 Å². The molecule has 4 N–H and O–H groups in total. The molecule has 0 aromatic carbocycles. The number of rotatable bonds is 1. The molecule has 0 unspecified atom stereocenters. The first-order valence-electron chi connectivity index (χ1n) is 3.31. The first-order valence-corrected chi connectivity index (χ1v) is 3.31. The number of nitrogen functional groups attached to an aromatic ring is 1. The Balaban J connectivity index is 2.45. The number of aromatic nitrogens is 3. The summed E-state index contributed by atoms with van der Waals surface area (Å²) in [6.07, 6.45) is 1.85. The number of aromatic amines is 2. The third-order valence-electron chi connectivity index (χ3n) is 1.47. The number of hydrogen-bond donors (Lipinski definition) is 3. The van der Waals surface area contributed by atoms with E-state index in [1.807, 2.05) is 18.3 Å². The lowest BCUT2D eigenvalue weighted by Crippen LogP contribution is -1.81. The second-order valence-electron chi connectivity index (χ2n) is 2.29. The lowest BCUT2D eigenvalue weighted by Gasteiger charge is -1.85. The molecule has 4 heteroatoms. The molecule has 4 nitrogen and oxygen atoms in total. The van der Waals surface area contributed by atoms with Crippen LogP contribution in [0.3, 0.4) is 0 Å². The van der Waals surface area contributed by atoms with Gasteiger partial charge in [-0.1, -0.05) is 0 Å². The van der Waals surface area contributed by atoms with Gasteiger partial charge in [-0.3, -0.25) is 5.10 Å². The van der Waals surface area contributed by atoms with E-state index in [9.17, 15) is 0 Å². The standard InChI is InChI=1S/C7H8N4/c8-7-4-6(10-11-7)5-2-1-3-9-5/h1-4,9H,(H3,8,10,11). The van der Waals surface area contributed by atoms with Gasteiger partial charge in [0, 0.05) is 12.3 Å². The molecule has 2 aromatic rings. The largest absolute Gasteiger partial charge is 0.384 e. The smallest absolute Gasteiger partial charge is 0.119 e. The van der Waals surface area contributed by atoms with Crippen molar-refractivity contribution in [1.82, 2.24) is 15.2 Å². The Morgan fingerprint density at radius 2 is 2.36 bits per heavy atom. The van der Waals surface area contributed by atoms with E-state index < -0.39 is 0 Å². The van der Waals surface area contributed by atoms with Gasteiger partial charge in [-0.05, 0) is 12.1 Å². The zero-order valence-corrected chi connectivity index (χ0v) is 5.83. The van der Waals surface area contributed by atoms with Crippen LogP contribution in [-0.4, -0.2) is 15.2 Å². The van der Waals surface area contributed by atoms with Gasteiger partial charge in [0.15, 0.2) is 0 Å². The predicted octanol–water partition coefficient (Wildman–Crippen LogP) is 0.987. The number of nitrogens with zero attached hydrogens (tertiary/aromatic N) is 1. The molecule has 11 heavy (non-hydrogen) atoms. The minimum absolute atomic E-state index is 0.578. The summed E-state index contributed by atoms with van der Waals surface area (Å²) in [7, 11) is 0. The van der Waals surface area contributed by atoms with Crippen molar-refractivity contribution < 1.29 is 0 Å². The van der Waals surface area contributed by atoms with Gasteiger partial charge in [-0.2, -0.15) is 5.10 Å². The highest BCUT2D eigenvalue weighted by Crippen LogP contribution is 2.14. The van der Waals surface area contributed by atoms with Crippen LogP contribution < -0.4 is 5.73 Å². The van der Waals surface area contributed by atoms with Crippen LogP contribution in [0.15, 0.2) is 24.4 Å². The molecule has 0 aliphatic heterocycles. The number of nitrogens with two attached hydrogens (primary N) is 1. The van der Waals surface area contributed by atoms with Gasteiger partial charge in [-0.15, -0.1) is 0 Å². The molecule has 0 saturated carbocycles. The van der Waals surface area contributed by atoms with E-state index in [1.54, 1.807) is 6.07 Å². The van der Waals surface area contributed by atoms with E-state index >= 15 is 0 Å². The van der Waals surface area contributed by atoms with Gasteiger partial charge in [0.25, 0.3) is 0 Å². The maximum atomic E-state index is 5.45. The molecule has 0 radical (unpaired) electrons. The van der Waals surface area contributed by atoms with E-state index in [2.05, 4.69) is 15.2 Å². The third kappa shape index (κ3) is 0.980. The number of nitrogens with one attached hydrogen (secondary N) is 2. The first kappa shape index (κ1) is 6.03. The molecule has 2 aromatic heterocycles. The van der Waals surface area contributed by atoms with Crippen molar-refractivity contribution in [3.63, 3.8) is 0 Å². The molecule has 0 spiro atoms. The Bertz CT molecular complexity index is 333. The number of anilines is 1.